The number of amides is 3. The predicted molar refractivity (Wildman–Crippen MR) is 75.7 cm³/mol. The second kappa shape index (κ2) is 4.89. The maximum absolute atomic E-state index is 12.5. The van der Waals surface area contributed by atoms with Crippen LogP contribution >= 0.6 is 0 Å². The van der Waals surface area contributed by atoms with Gasteiger partial charge in [-0.15, -0.1) is 0 Å². The van der Waals surface area contributed by atoms with Crippen LogP contribution in [0.15, 0.2) is 0 Å². The number of urea groups is 1. The molecule has 1 saturated carbocycles. The maximum atomic E-state index is 12.5. The first-order valence-corrected chi connectivity index (χ1v) is 7.19. The molecule has 0 aromatic carbocycles. The summed E-state index contributed by atoms with van der Waals surface area (Å²) < 4.78 is 0. The van der Waals surface area contributed by atoms with Crippen LogP contribution in [0, 0.1) is 5.92 Å². The molecule has 2 rings (SSSR count). The number of nitrogens with zero attached hydrogens (tertiary/aromatic N) is 2. The monoisotopic (exact) mass is 297 g/mol. The van der Waals surface area contributed by atoms with Gasteiger partial charge in [0.05, 0.1) is 0 Å². The first-order chi connectivity index (χ1) is 9.60. The van der Waals surface area contributed by atoms with E-state index in [-0.39, 0.29) is 11.8 Å². The van der Waals surface area contributed by atoms with Crippen LogP contribution in [0.3, 0.4) is 0 Å². The summed E-state index contributed by atoms with van der Waals surface area (Å²) in [6, 6.07) is -0.488. The van der Waals surface area contributed by atoms with Crippen LogP contribution < -0.4 is 5.32 Å². The normalized spacial score (nSPS) is 24.5. The summed E-state index contributed by atoms with van der Waals surface area (Å²) >= 11 is 0. The Hall–Kier alpha value is -1.79. The SMILES string of the molecule is CN1CCN(C(=O)NC(C)(C(=O)O)C2CC2)C(C)(C)C1=O. The molecule has 0 bridgehead atoms. The summed E-state index contributed by atoms with van der Waals surface area (Å²) in [4.78, 5) is 39.2. The number of hydrogen-bond acceptors (Lipinski definition) is 3. The number of likely N-dealkylation sites (N-methyl/N-ethyl adjacent to an activating group) is 1. The number of aliphatic carboxylic acids is 1. The molecular formula is C14H23N3O4. The molecule has 1 heterocycles. The molecule has 1 saturated heterocycles. The number of piperazine rings is 1. The minimum atomic E-state index is -1.26. The largest absolute Gasteiger partial charge is 0.480 e. The van der Waals surface area contributed by atoms with Crippen molar-refractivity contribution in [3.8, 4) is 0 Å². The summed E-state index contributed by atoms with van der Waals surface area (Å²) in [6.07, 6.45) is 1.60. The number of nitrogens with one attached hydrogen (secondary N) is 1. The summed E-state index contributed by atoms with van der Waals surface area (Å²) in [7, 11) is 1.70. The van der Waals surface area contributed by atoms with Crippen LogP contribution in [0.4, 0.5) is 4.79 Å². The van der Waals surface area contributed by atoms with E-state index in [1.54, 1.807) is 25.8 Å². The van der Waals surface area contributed by atoms with E-state index >= 15 is 0 Å². The van der Waals surface area contributed by atoms with Crippen molar-refractivity contribution in [1.82, 2.24) is 15.1 Å². The summed E-state index contributed by atoms with van der Waals surface area (Å²) in [5.74, 6) is -1.21. The van der Waals surface area contributed by atoms with Crippen molar-refractivity contribution in [2.75, 3.05) is 20.1 Å². The Balaban J connectivity index is 2.16. The molecule has 118 valence electrons. The quantitative estimate of drug-likeness (QED) is 0.794. The molecule has 2 aliphatic rings. The smallest absolute Gasteiger partial charge is 0.329 e. The molecular weight excluding hydrogens is 274 g/mol. The van der Waals surface area contributed by atoms with Crippen LogP contribution in [-0.2, 0) is 9.59 Å². The Kier molecular flexibility index (Phi) is 3.63. The molecule has 1 atom stereocenters. The third-order valence-electron chi connectivity index (χ3n) is 4.65. The highest BCUT2D eigenvalue weighted by Crippen LogP contribution is 2.40. The van der Waals surface area contributed by atoms with Crippen molar-refractivity contribution in [3.05, 3.63) is 0 Å². The van der Waals surface area contributed by atoms with Crippen molar-refractivity contribution in [3.63, 3.8) is 0 Å². The van der Waals surface area contributed by atoms with Crippen LogP contribution in [0.2, 0.25) is 0 Å². The Morgan fingerprint density at radius 2 is 1.90 bits per heavy atom. The Labute approximate surface area is 124 Å². The molecule has 0 radical (unpaired) electrons. The van der Waals surface area contributed by atoms with E-state index in [1.165, 1.54) is 11.8 Å². The zero-order valence-corrected chi connectivity index (χ0v) is 13.0. The first kappa shape index (κ1) is 15.6. The van der Waals surface area contributed by atoms with E-state index in [0.29, 0.717) is 13.1 Å². The van der Waals surface area contributed by atoms with Crippen molar-refractivity contribution in [2.24, 2.45) is 5.92 Å². The highest BCUT2D eigenvalue weighted by atomic mass is 16.4. The van der Waals surface area contributed by atoms with Gasteiger partial charge >= 0.3 is 12.0 Å². The van der Waals surface area contributed by atoms with Gasteiger partial charge in [-0.3, -0.25) is 4.79 Å². The second-order valence-electron chi connectivity index (χ2n) is 6.65. The zero-order valence-electron chi connectivity index (χ0n) is 13.0. The number of carbonyl (C=O) groups excluding carboxylic acids is 2. The summed E-state index contributed by atoms with van der Waals surface area (Å²) in [5.41, 5.74) is -2.24. The molecule has 1 aliphatic heterocycles. The van der Waals surface area contributed by atoms with Crippen LogP contribution in [0.1, 0.15) is 33.6 Å². The second-order valence-corrected chi connectivity index (χ2v) is 6.65. The van der Waals surface area contributed by atoms with Crippen LogP contribution in [0.5, 0.6) is 0 Å². The van der Waals surface area contributed by atoms with E-state index in [9.17, 15) is 19.5 Å². The van der Waals surface area contributed by atoms with Gasteiger partial charge in [0.25, 0.3) is 0 Å². The number of hydrogen-bond donors (Lipinski definition) is 2. The lowest BCUT2D eigenvalue weighted by Crippen LogP contribution is -2.68. The van der Waals surface area contributed by atoms with Crippen molar-refractivity contribution in [2.45, 2.75) is 44.7 Å². The highest BCUT2D eigenvalue weighted by Gasteiger charge is 2.51. The molecule has 0 aromatic heterocycles. The fourth-order valence-corrected chi connectivity index (χ4v) is 2.85. The number of carboxylic acids is 1. The number of carbonyl (C=O) groups is 3. The third-order valence-corrected chi connectivity index (χ3v) is 4.65. The van der Waals surface area contributed by atoms with Crippen LogP contribution in [0.25, 0.3) is 0 Å². The van der Waals surface area contributed by atoms with Gasteiger partial charge in [-0.05, 0) is 39.5 Å². The lowest BCUT2D eigenvalue weighted by Gasteiger charge is -2.45. The Morgan fingerprint density at radius 1 is 1.33 bits per heavy atom. The maximum Gasteiger partial charge on any atom is 0.329 e. The van der Waals surface area contributed by atoms with Gasteiger partial charge in [0.15, 0.2) is 0 Å². The van der Waals surface area contributed by atoms with Gasteiger partial charge in [0, 0.05) is 20.1 Å². The minimum Gasteiger partial charge on any atom is -0.480 e. The Bertz CT molecular complexity index is 487. The molecule has 7 nitrogen and oxygen atoms in total. The van der Waals surface area contributed by atoms with E-state index in [2.05, 4.69) is 5.32 Å². The lowest BCUT2D eigenvalue weighted by molar-refractivity contribution is -0.145. The van der Waals surface area contributed by atoms with Gasteiger partial charge in [-0.1, -0.05) is 0 Å². The molecule has 1 aliphatic carbocycles. The predicted octanol–water partition coefficient (Wildman–Crippen LogP) is 0.502. The third kappa shape index (κ3) is 2.56. The molecule has 0 aromatic rings. The average molecular weight is 297 g/mol. The molecule has 7 heteroatoms. The average Bonchev–Trinajstić information content (AvgIpc) is 3.19. The first-order valence-electron chi connectivity index (χ1n) is 7.19. The molecule has 0 spiro atoms. The van der Waals surface area contributed by atoms with Gasteiger partial charge < -0.3 is 20.2 Å². The molecule has 1 unspecified atom stereocenters. The zero-order chi connectivity index (χ0) is 16.0. The van der Waals surface area contributed by atoms with Gasteiger partial charge in [0.2, 0.25) is 5.91 Å². The summed E-state index contributed by atoms with van der Waals surface area (Å²) in [6.45, 7) is 5.74. The van der Waals surface area contributed by atoms with Gasteiger partial charge in [-0.25, -0.2) is 9.59 Å². The van der Waals surface area contributed by atoms with Gasteiger partial charge in [0.1, 0.15) is 11.1 Å². The molecule has 3 amide bonds. The number of carboxylic acid groups (broad SMARTS) is 1. The van der Waals surface area contributed by atoms with Crippen molar-refractivity contribution >= 4 is 17.9 Å². The Morgan fingerprint density at radius 3 is 2.38 bits per heavy atom. The number of rotatable bonds is 3. The van der Waals surface area contributed by atoms with Crippen molar-refractivity contribution in [1.29, 1.82) is 0 Å². The minimum absolute atomic E-state index is 0.0368. The fraction of sp³-hybridized carbons (Fsp3) is 0.786. The lowest BCUT2D eigenvalue weighted by atomic mass is 9.95. The van der Waals surface area contributed by atoms with Crippen molar-refractivity contribution < 1.29 is 19.5 Å². The molecule has 21 heavy (non-hydrogen) atoms. The molecule has 2 fully saturated rings. The van der Waals surface area contributed by atoms with E-state index < -0.39 is 23.1 Å². The standard InChI is InChI=1S/C14H23N3O4/c1-13(2)10(18)16(4)7-8-17(13)12(21)15-14(3,11(19)20)9-5-6-9/h9H,5-8H2,1-4H3,(H,15,21)(H,19,20). The summed E-state index contributed by atoms with van der Waals surface area (Å²) in [5, 5.41) is 12.0. The highest BCUT2D eigenvalue weighted by molar-refractivity contribution is 5.93. The topological polar surface area (TPSA) is 89.9 Å². The van der Waals surface area contributed by atoms with Crippen LogP contribution in [-0.4, -0.2) is 64.0 Å². The fourth-order valence-electron chi connectivity index (χ4n) is 2.85. The van der Waals surface area contributed by atoms with E-state index in [0.717, 1.165) is 12.8 Å². The van der Waals surface area contributed by atoms with Gasteiger partial charge in [-0.2, -0.15) is 0 Å². The van der Waals surface area contributed by atoms with E-state index in [4.69, 9.17) is 0 Å². The molecule has 2 N–H and O–H groups in total. The van der Waals surface area contributed by atoms with E-state index in [1.807, 2.05) is 0 Å².